The highest BCUT2D eigenvalue weighted by molar-refractivity contribution is 6.30. The molecule has 0 bridgehead atoms. The van der Waals surface area contributed by atoms with Crippen LogP contribution in [0.3, 0.4) is 0 Å². The molecule has 4 nitrogen and oxygen atoms in total. The molecular formula is C13H13ClN2O2. The molecule has 2 aromatic rings. The Kier molecular flexibility index (Phi) is 4.02. The Bertz CT molecular complexity index is 546. The number of aromatic nitrogens is 1. The van der Waals surface area contributed by atoms with E-state index in [1.54, 1.807) is 37.6 Å². The van der Waals surface area contributed by atoms with Gasteiger partial charge in [-0.3, -0.25) is 0 Å². The number of hydrogen-bond acceptors (Lipinski definition) is 4. The van der Waals surface area contributed by atoms with Crippen molar-refractivity contribution in [1.29, 1.82) is 0 Å². The van der Waals surface area contributed by atoms with Gasteiger partial charge in [0.15, 0.2) is 0 Å². The number of methoxy groups -OCH3 is 1. The number of ether oxygens (including phenoxy) is 2. The van der Waals surface area contributed by atoms with E-state index in [0.29, 0.717) is 28.9 Å². The first kappa shape index (κ1) is 12.7. The summed E-state index contributed by atoms with van der Waals surface area (Å²) in [5.74, 6) is 1.75. The average Bonchev–Trinajstić information content (AvgIpc) is 2.39. The van der Waals surface area contributed by atoms with Crippen LogP contribution in [0.4, 0.5) is 0 Å². The Morgan fingerprint density at radius 3 is 2.83 bits per heavy atom. The number of nitrogens with zero attached hydrogens (tertiary/aromatic N) is 1. The molecule has 5 heteroatoms. The minimum atomic E-state index is 0.384. The summed E-state index contributed by atoms with van der Waals surface area (Å²) in [5, 5.41) is 0.600. The van der Waals surface area contributed by atoms with Gasteiger partial charge in [0.25, 0.3) is 0 Å². The second-order valence-electron chi connectivity index (χ2n) is 3.59. The van der Waals surface area contributed by atoms with Crippen molar-refractivity contribution in [1.82, 2.24) is 4.98 Å². The van der Waals surface area contributed by atoms with Crippen LogP contribution < -0.4 is 15.2 Å². The zero-order chi connectivity index (χ0) is 13.0. The highest BCUT2D eigenvalue weighted by Gasteiger charge is 2.06. The summed E-state index contributed by atoms with van der Waals surface area (Å²) in [6, 6.07) is 8.79. The fraction of sp³-hybridized carbons (Fsp3) is 0.154. The zero-order valence-corrected chi connectivity index (χ0v) is 10.6. The molecule has 94 valence electrons. The van der Waals surface area contributed by atoms with Gasteiger partial charge in [0, 0.05) is 29.4 Å². The minimum Gasteiger partial charge on any atom is -0.481 e. The maximum atomic E-state index is 5.94. The molecule has 0 unspecified atom stereocenters. The standard InChI is InChI=1S/C13H13ClN2O2/c1-17-13-7-11(4-5-16-13)18-12-6-10(14)3-2-9(12)8-15/h2-7H,8,15H2,1H3. The summed E-state index contributed by atoms with van der Waals surface area (Å²) in [5.41, 5.74) is 6.53. The molecule has 18 heavy (non-hydrogen) atoms. The van der Waals surface area contributed by atoms with Crippen molar-refractivity contribution in [2.24, 2.45) is 5.73 Å². The molecular weight excluding hydrogens is 252 g/mol. The van der Waals surface area contributed by atoms with E-state index in [0.717, 1.165) is 5.56 Å². The Hall–Kier alpha value is -1.78. The van der Waals surface area contributed by atoms with Gasteiger partial charge in [0.2, 0.25) is 5.88 Å². The smallest absolute Gasteiger partial charge is 0.216 e. The first-order chi connectivity index (χ1) is 8.72. The summed E-state index contributed by atoms with van der Waals surface area (Å²) in [4.78, 5) is 4.01. The quantitative estimate of drug-likeness (QED) is 0.922. The molecule has 0 aliphatic carbocycles. The molecule has 0 atom stereocenters. The normalized spacial score (nSPS) is 10.2. The van der Waals surface area contributed by atoms with Crippen LogP contribution in [0.2, 0.25) is 5.02 Å². The van der Waals surface area contributed by atoms with E-state index in [2.05, 4.69) is 4.98 Å². The van der Waals surface area contributed by atoms with Crippen LogP contribution in [0.1, 0.15) is 5.56 Å². The van der Waals surface area contributed by atoms with Crippen LogP contribution in [0, 0.1) is 0 Å². The largest absolute Gasteiger partial charge is 0.481 e. The van der Waals surface area contributed by atoms with E-state index >= 15 is 0 Å². The van der Waals surface area contributed by atoms with Crippen LogP contribution in [-0.2, 0) is 6.54 Å². The third kappa shape index (κ3) is 2.91. The molecule has 0 spiro atoms. The van der Waals surface area contributed by atoms with Crippen molar-refractivity contribution < 1.29 is 9.47 Å². The Balaban J connectivity index is 2.29. The molecule has 0 aliphatic rings. The second kappa shape index (κ2) is 5.71. The van der Waals surface area contributed by atoms with Crippen molar-refractivity contribution in [3.05, 3.63) is 47.1 Å². The minimum absolute atomic E-state index is 0.384. The van der Waals surface area contributed by atoms with E-state index in [1.165, 1.54) is 0 Å². The molecule has 1 aromatic carbocycles. The number of halogens is 1. The molecule has 0 amide bonds. The molecule has 2 N–H and O–H groups in total. The highest BCUT2D eigenvalue weighted by atomic mass is 35.5. The first-order valence-electron chi connectivity index (χ1n) is 5.39. The summed E-state index contributed by atoms with van der Waals surface area (Å²) in [7, 11) is 1.55. The van der Waals surface area contributed by atoms with E-state index in [1.807, 2.05) is 6.07 Å². The molecule has 0 radical (unpaired) electrons. The van der Waals surface area contributed by atoms with Gasteiger partial charge >= 0.3 is 0 Å². The van der Waals surface area contributed by atoms with Crippen LogP contribution in [-0.4, -0.2) is 12.1 Å². The average molecular weight is 265 g/mol. The predicted molar refractivity (Wildman–Crippen MR) is 70.2 cm³/mol. The first-order valence-corrected chi connectivity index (χ1v) is 5.77. The van der Waals surface area contributed by atoms with Gasteiger partial charge in [-0.1, -0.05) is 17.7 Å². The molecule has 1 heterocycles. The van der Waals surface area contributed by atoms with Gasteiger partial charge in [0.1, 0.15) is 11.5 Å². The second-order valence-corrected chi connectivity index (χ2v) is 4.03. The van der Waals surface area contributed by atoms with Gasteiger partial charge in [-0.05, 0) is 18.2 Å². The summed E-state index contributed by atoms with van der Waals surface area (Å²) in [6.45, 7) is 0.384. The number of rotatable bonds is 4. The van der Waals surface area contributed by atoms with Gasteiger partial charge < -0.3 is 15.2 Å². The van der Waals surface area contributed by atoms with Gasteiger partial charge in [-0.15, -0.1) is 0 Å². The number of nitrogens with two attached hydrogens (primary N) is 1. The van der Waals surface area contributed by atoms with E-state index < -0.39 is 0 Å². The molecule has 0 saturated heterocycles. The van der Waals surface area contributed by atoms with Crippen LogP contribution in [0.5, 0.6) is 17.4 Å². The Morgan fingerprint density at radius 2 is 2.11 bits per heavy atom. The van der Waals surface area contributed by atoms with Crippen molar-refractivity contribution in [3.63, 3.8) is 0 Å². The number of pyridine rings is 1. The van der Waals surface area contributed by atoms with Crippen molar-refractivity contribution in [2.45, 2.75) is 6.54 Å². The SMILES string of the molecule is COc1cc(Oc2cc(Cl)ccc2CN)ccn1. The fourth-order valence-corrected chi connectivity index (χ4v) is 1.65. The Labute approximate surface area is 110 Å². The summed E-state index contributed by atoms with van der Waals surface area (Å²) < 4.78 is 10.8. The Morgan fingerprint density at radius 1 is 1.28 bits per heavy atom. The summed E-state index contributed by atoms with van der Waals surface area (Å²) in [6.07, 6.45) is 1.61. The lowest BCUT2D eigenvalue weighted by Gasteiger charge is -2.10. The van der Waals surface area contributed by atoms with E-state index in [-0.39, 0.29) is 0 Å². The van der Waals surface area contributed by atoms with Crippen LogP contribution >= 0.6 is 11.6 Å². The number of benzene rings is 1. The molecule has 0 saturated carbocycles. The molecule has 0 aliphatic heterocycles. The van der Waals surface area contributed by atoms with Gasteiger partial charge in [-0.2, -0.15) is 0 Å². The third-order valence-corrected chi connectivity index (χ3v) is 2.63. The lowest BCUT2D eigenvalue weighted by Crippen LogP contribution is -1.99. The van der Waals surface area contributed by atoms with E-state index in [4.69, 9.17) is 26.8 Å². The topological polar surface area (TPSA) is 57.4 Å². The van der Waals surface area contributed by atoms with Crippen molar-refractivity contribution >= 4 is 11.6 Å². The van der Waals surface area contributed by atoms with Crippen molar-refractivity contribution in [3.8, 4) is 17.4 Å². The monoisotopic (exact) mass is 264 g/mol. The van der Waals surface area contributed by atoms with Crippen LogP contribution in [0.25, 0.3) is 0 Å². The van der Waals surface area contributed by atoms with Gasteiger partial charge in [-0.25, -0.2) is 4.98 Å². The number of hydrogen-bond donors (Lipinski definition) is 1. The lowest BCUT2D eigenvalue weighted by atomic mass is 10.2. The maximum absolute atomic E-state index is 5.94. The fourth-order valence-electron chi connectivity index (χ4n) is 1.49. The zero-order valence-electron chi connectivity index (χ0n) is 9.89. The van der Waals surface area contributed by atoms with E-state index in [9.17, 15) is 0 Å². The van der Waals surface area contributed by atoms with Gasteiger partial charge in [0.05, 0.1) is 7.11 Å². The predicted octanol–water partition coefficient (Wildman–Crippen LogP) is 2.99. The third-order valence-electron chi connectivity index (χ3n) is 2.39. The maximum Gasteiger partial charge on any atom is 0.216 e. The highest BCUT2D eigenvalue weighted by Crippen LogP contribution is 2.29. The van der Waals surface area contributed by atoms with Crippen molar-refractivity contribution in [2.75, 3.05) is 7.11 Å². The molecule has 0 fully saturated rings. The molecule has 2 rings (SSSR count). The summed E-state index contributed by atoms with van der Waals surface area (Å²) >= 11 is 5.94. The lowest BCUT2D eigenvalue weighted by molar-refractivity contribution is 0.392. The molecule has 1 aromatic heterocycles. The van der Waals surface area contributed by atoms with Crippen LogP contribution in [0.15, 0.2) is 36.5 Å².